The molecule has 0 saturated heterocycles. The predicted octanol–water partition coefficient (Wildman–Crippen LogP) is 3.57. The summed E-state index contributed by atoms with van der Waals surface area (Å²) in [5.41, 5.74) is 0. The van der Waals surface area contributed by atoms with Gasteiger partial charge in [0.2, 0.25) is 0 Å². The van der Waals surface area contributed by atoms with Crippen molar-refractivity contribution in [2.24, 2.45) is 29.6 Å². The standard InChI is InChI=1S/C11H22/c1-7(2)6-11-9(4)8(3)10(11)5/h7-11H,6H2,1-5H3. The van der Waals surface area contributed by atoms with Gasteiger partial charge in [0.15, 0.2) is 0 Å². The van der Waals surface area contributed by atoms with Crippen molar-refractivity contribution < 1.29 is 0 Å². The summed E-state index contributed by atoms with van der Waals surface area (Å²) in [5.74, 6) is 4.83. The smallest absolute Gasteiger partial charge is 0.0355 e. The van der Waals surface area contributed by atoms with Gasteiger partial charge in [0.05, 0.1) is 0 Å². The molecule has 1 rings (SSSR count). The van der Waals surface area contributed by atoms with E-state index in [9.17, 15) is 0 Å². The molecule has 0 nitrogen and oxygen atoms in total. The normalized spacial score (nSPS) is 44.2. The zero-order valence-corrected chi connectivity index (χ0v) is 8.59. The minimum Gasteiger partial charge on any atom is -0.0628 e. The molecule has 0 aromatic rings. The van der Waals surface area contributed by atoms with E-state index < -0.39 is 0 Å². The van der Waals surface area contributed by atoms with E-state index in [0.717, 1.165) is 29.6 Å². The number of hydrogen-bond donors (Lipinski definition) is 0. The van der Waals surface area contributed by atoms with E-state index in [1.165, 1.54) is 6.42 Å². The molecule has 0 radical (unpaired) electrons. The van der Waals surface area contributed by atoms with Crippen molar-refractivity contribution in [1.29, 1.82) is 0 Å². The molecule has 1 aliphatic rings. The van der Waals surface area contributed by atoms with E-state index in [1.807, 2.05) is 0 Å². The maximum Gasteiger partial charge on any atom is -0.0355 e. The Kier molecular flexibility index (Phi) is 2.61. The molecule has 1 saturated carbocycles. The molecule has 11 heavy (non-hydrogen) atoms. The summed E-state index contributed by atoms with van der Waals surface area (Å²) < 4.78 is 0. The second-order valence-electron chi connectivity index (χ2n) is 4.87. The first-order chi connectivity index (χ1) is 5.04. The van der Waals surface area contributed by atoms with Crippen LogP contribution in [-0.2, 0) is 0 Å². The van der Waals surface area contributed by atoms with Gasteiger partial charge in [-0.1, -0.05) is 34.6 Å². The Morgan fingerprint density at radius 1 is 0.909 bits per heavy atom. The van der Waals surface area contributed by atoms with Crippen LogP contribution in [0.25, 0.3) is 0 Å². The van der Waals surface area contributed by atoms with Crippen LogP contribution in [0.3, 0.4) is 0 Å². The summed E-state index contributed by atoms with van der Waals surface area (Å²) in [6.07, 6.45) is 1.44. The minimum absolute atomic E-state index is 0.886. The largest absolute Gasteiger partial charge is 0.0628 e. The number of hydrogen-bond acceptors (Lipinski definition) is 0. The van der Waals surface area contributed by atoms with Crippen molar-refractivity contribution in [2.75, 3.05) is 0 Å². The van der Waals surface area contributed by atoms with E-state index in [-0.39, 0.29) is 0 Å². The van der Waals surface area contributed by atoms with Crippen LogP contribution < -0.4 is 0 Å². The Labute approximate surface area is 71.4 Å². The SMILES string of the molecule is CC(C)CC1C(C)C(C)C1C. The van der Waals surface area contributed by atoms with E-state index in [0.29, 0.717) is 0 Å². The maximum atomic E-state index is 2.41. The molecule has 2 unspecified atom stereocenters. The Morgan fingerprint density at radius 2 is 1.36 bits per heavy atom. The fourth-order valence-electron chi connectivity index (χ4n) is 2.57. The third kappa shape index (κ3) is 1.60. The Bertz CT molecular complexity index is 116. The lowest BCUT2D eigenvalue weighted by Crippen LogP contribution is -2.42. The van der Waals surface area contributed by atoms with Gasteiger partial charge in [0.25, 0.3) is 0 Å². The van der Waals surface area contributed by atoms with Crippen LogP contribution in [0.5, 0.6) is 0 Å². The molecule has 0 bridgehead atoms. The first-order valence-corrected chi connectivity index (χ1v) is 5.04. The molecule has 0 aliphatic heterocycles. The van der Waals surface area contributed by atoms with Crippen molar-refractivity contribution >= 4 is 0 Å². The Balaban J connectivity index is 2.37. The van der Waals surface area contributed by atoms with Crippen molar-refractivity contribution in [3.05, 3.63) is 0 Å². The zero-order valence-electron chi connectivity index (χ0n) is 8.59. The zero-order chi connectivity index (χ0) is 8.59. The van der Waals surface area contributed by atoms with Crippen LogP contribution in [0, 0.1) is 29.6 Å². The molecule has 0 aromatic carbocycles. The quantitative estimate of drug-likeness (QED) is 0.570. The first kappa shape index (κ1) is 9.09. The van der Waals surface area contributed by atoms with E-state index >= 15 is 0 Å². The minimum atomic E-state index is 0.886. The van der Waals surface area contributed by atoms with Crippen molar-refractivity contribution in [3.63, 3.8) is 0 Å². The van der Waals surface area contributed by atoms with E-state index in [4.69, 9.17) is 0 Å². The van der Waals surface area contributed by atoms with E-state index in [2.05, 4.69) is 34.6 Å². The summed E-state index contributed by atoms with van der Waals surface area (Å²) in [6, 6.07) is 0. The molecule has 0 heteroatoms. The molecule has 0 N–H and O–H groups in total. The van der Waals surface area contributed by atoms with Crippen molar-refractivity contribution in [1.82, 2.24) is 0 Å². The summed E-state index contributed by atoms with van der Waals surface area (Å²) in [7, 11) is 0. The highest BCUT2D eigenvalue weighted by atomic mass is 14.5. The third-order valence-electron chi connectivity index (χ3n) is 3.75. The summed E-state index contributed by atoms with van der Waals surface area (Å²) in [4.78, 5) is 0. The monoisotopic (exact) mass is 154 g/mol. The summed E-state index contributed by atoms with van der Waals surface area (Å²) in [5, 5.41) is 0. The molecular formula is C11H22. The molecule has 0 aromatic heterocycles. The van der Waals surface area contributed by atoms with Gasteiger partial charge in [-0.25, -0.2) is 0 Å². The molecule has 2 atom stereocenters. The topological polar surface area (TPSA) is 0 Å². The van der Waals surface area contributed by atoms with Gasteiger partial charge in [-0.3, -0.25) is 0 Å². The fraction of sp³-hybridized carbons (Fsp3) is 1.00. The van der Waals surface area contributed by atoms with Gasteiger partial charge in [-0.2, -0.15) is 0 Å². The lowest BCUT2D eigenvalue weighted by molar-refractivity contribution is 0.00129. The highest BCUT2D eigenvalue weighted by Crippen LogP contribution is 2.48. The van der Waals surface area contributed by atoms with Crippen LogP contribution in [0.15, 0.2) is 0 Å². The van der Waals surface area contributed by atoms with E-state index in [1.54, 1.807) is 0 Å². The summed E-state index contributed by atoms with van der Waals surface area (Å²) >= 11 is 0. The van der Waals surface area contributed by atoms with Gasteiger partial charge >= 0.3 is 0 Å². The van der Waals surface area contributed by atoms with Crippen LogP contribution in [0.4, 0.5) is 0 Å². The molecule has 0 spiro atoms. The highest BCUT2D eigenvalue weighted by Gasteiger charge is 2.41. The van der Waals surface area contributed by atoms with Gasteiger partial charge in [0, 0.05) is 0 Å². The second kappa shape index (κ2) is 3.16. The summed E-state index contributed by atoms with van der Waals surface area (Å²) in [6.45, 7) is 11.9. The molecule has 1 aliphatic carbocycles. The molecule has 0 heterocycles. The average Bonchev–Trinajstić information content (AvgIpc) is 1.98. The maximum absolute atomic E-state index is 2.41. The van der Waals surface area contributed by atoms with Gasteiger partial charge in [-0.05, 0) is 36.0 Å². The van der Waals surface area contributed by atoms with Crippen molar-refractivity contribution in [2.45, 2.75) is 41.0 Å². The van der Waals surface area contributed by atoms with Gasteiger partial charge in [0.1, 0.15) is 0 Å². The first-order valence-electron chi connectivity index (χ1n) is 5.04. The predicted molar refractivity (Wildman–Crippen MR) is 50.4 cm³/mol. The number of rotatable bonds is 2. The molecular weight excluding hydrogens is 132 g/mol. The van der Waals surface area contributed by atoms with Crippen LogP contribution in [-0.4, -0.2) is 0 Å². The van der Waals surface area contributed by atoms with Crippen LogP contribution >= 0.6 is 0 Å². The fourth-order valence-corrected chi connectivity index (χ4v) is 2.57. The van der Waals surface area contributed by atoms with Crippen LogP contribution in [0.1, 0.15) is 41.0 Å². The molecule has 66 valence electrons. The highest BCUT2D eigenvalue weighted by molar-refractivity contribution is 4.90. The van der Waals surface area contributed by atoms with Crippen molar-refractivity contribution in [3.8, 4) is 0 Å². The lowest BCUT2D eigenvalue weighted by Gasteiger charge is -2.48. The molecule has 0 amide bonds. The Morgan fingerprint density at radius 3 is 1.73 bits per heavy atom. The van der Waals surface area contributed by atoms with Gasteiger partial charge in [-0.15, -0.1) is 0 Å². The average molecular weight is 154 g/mol. The Hall–Kier alpha value is 0. The third-order valence-corrected chi connectivity index (χ3v) is 3.75. The second-order valence-corrected chi connectivity index (χ2v) is 4.87. The molecule has 1 fully saturated rings. The van der Waals surface area contributed by atoms with Gasteiger partial charge < -0.3 is 0 Å². The lowest BCUT2D eigenvalue weighted by atomic mass is 9.57. The van der Waals surface area contributed by atoms with Crippen LogP contribution in [0.2, 0.25) is 0 Å².